The normalized spacial score (nSPS) is 24.2. The van der Waals surface area contributed by atoms with Gasteiger partial charge in [-0.15, -0.1) is 0 Å². The van der Waals surface area contributed by atoms with Gasteiger partial charge in [0, 0.05) is 56.1 Å². The number of likely N-dealkylation sites (tertiary alicyclic amines) is 1. The first-order chi connectivity index (χ1) is 13.4. The molecule has 1 N–H and O–H groups in total. The minimum absolute atomic E-state index is 0.0875. The van der Waals surface area contributed by atoms with Crippen LogP contribution in [-0.2, 0) is 11.2 Å². The van der Waals surface area contributed by atoms with Gasteiger partial charge in [0.2, 0.25) is 5.91 Å². The third kappa shape index (κ3) is 3.09. The fourth-order valence-corrected chi connectivity index (χ4v) is 4.84. The number of carbonyl (C=O) groups is 2. The molecule has 0 radical (unpaired) electrons. The Bertz CT molecular complexity index is 905. The number of hydrogen-bond acceptors (Lipinski definition) is 3. The van der Waals surface area contributed by atoms with Crippen LogP contribution in [0.2, 0.25) is 0 Å². The molecule has 1 atom stereocenters. The molecule has 3 heterocycles. The van der Waals surface area contributed by atoms with E-state index in [1.54, 1.807) is 0 Å². The van der Waals surface area contributed by atoms with Gasteiger partial charge in [-0.1, -0.05) is 25.1 Å². The Morgan fingerprint density at radius 2 is 1.93 bits per heavy atom. The van der Waals surface area contributed by atoms with Crippen molar-refractivity contribution in [3.05, 3.63) is 35.5 Å². The summed E-state index contributed by atoms with van der Waals surface area (Å²) >= 11 is 0. The van der Waals surface area contributed by atoms with Crippen molar-refractivity contribution in [2.24, 2.45) is 0 Å². The molecule has 1 aromatic heterocycles. The fraction of sp³-hybridized carbons (Fsp3) is 0.545. The largest absolute Gasteiger partial charge is 0.350 e. The Hall–Kier alpha value is -2.34. The van der Waals surface area contributed by atoms with Crippen molar-refractivity contribution >= 4 is 22.7 Å². The number of H-pyrrole nitrogens is 1. The smallest absolute Gasteiger partial charge is 0.270 e. The number of carbonyl (C=O) groups excluding carboxylic acids is 2. The number of aromatic amines is 1. The molecule has 2 amide bonds. The van der Waals surface area contributed by atoms with Gasteiger partial charge in [-0.05, 0) is 37.9 Å². The Morgan fingerprint density at radius 1 is 1.14 bits per heavy atom. The molecule has 0 unspecified atom stereocenters. The van der Waals surface area contributed by atoms with Crippen LogP contribution in [0.3, 0.4) is 0 Å². The van der Waals surface area contributed by atoms with E-state index in [1.165, 1.54) is 0 Å². The monoisotopic (exact) mass is 382 g/mol. The first-order valence-electron chi connectivity index (χ1n) is 10.3. The number of amides is 2. The van der Waals surface area contributed by atoms with Crippen molar-refractivity contribution in [1.82, 2.24) is 19.7 Å². The molecular formula is C22H30N4O2. The standard InChI is InChI=1S/C22H30N4O2/c1-4-16-17-7-5-6-8-18(17)23-20(16)21(28)26-14-13-25(3)22(15-26)10-9-19(27)24(2)12-11-22/h5-8,23H,4,9-15H2,1-3H3/t22-/m0/s1. The van der Waals surface area contributed by atoms with Gasteiger partial charge in [0.15, 0.2) is 0 Å². The summed E-state index contributed by atoms with van der Waals surface area (Å²) in [4.78, 5) is 35.3. The molecular weight excluding hydrogens is 352 g/mol. The van der Waals surface area contributed by atoms with E-state index in [9.17, 15) is 9.59 Å². The summed E-state index contributed by atoms with van der Waals surface area (Å²) in [5, 5.41) is 1.14. The van der Waals surface area contributed by atoms with Gasteiger partial charge < -0.3 is 14.8 Å². The number of fused-ring (bicyclic) bond motifs is 1. The number of likely N-dealkylation sites (N-methyl/N-ethyl adjacent to an activating group) is 1. The molecule has 2 aliphatic rings. The molecule has 4 rings (SSSR count). The molecule has 6 heteroatoms. The number of para-hydroxylation sites is 1. The number of nitrogens with zero attached hydrogens (tertiary/aromatic N) is 3. The first kappa shape index (κ1) is 19.0. The molecule has 2 aliphatic heterocycles. The van der Waals surface area contributed by atoms with Crippen LogP contribution >= 0.6 is 0 Å². The number of hydrogen-bond donors (Lipinski definition) is 1. The van der Waals surface area contributed by atoms with E-state index in [0.717, 1.165) is 61.1 Å². The van der Waals surface area contributed by atoms with Crippen LogP contribution in [0.5, 0.6) is 0 Å². The second kappa shape index (κ2) is 7.24. The molecule has 28 heavy (non-hydrogen) atoms. The van der Waals surface area contributed by atoms with Gasteiger partial charge in [0.1, 0.15) is 5.69 Å². The minimum atomic E-state index is -0.118. The van der Waals surface area contributed by atoms with Crippen LogP contribution in [0.1, 0.15) is 42.2 Å². The van der Waals surface area contributed by atoms with Crippen molar-refractivity contribution in [2.45, 2.75) is 38.1 Å². The lowest BCUT2D eigenvalue weighted by Gasteiger charge is -2.49. The highest BCUT2D eigenvalue weighted by Crippen LogP contribution is 2.33. The maximum atomic E-state index is 13.5. The van der Waals surface area contributed by atoms with E-state index < -0.39 is 0 Å². The van der Waals surface area contributed by atoms with E-state index in [0.29, 0.717) is 13.0 Å². The Kier molecular flexibility index (Phi) is 4.91. The summed E-state index contributed by atoms with van der Waals surface area (Å²) < 4.78 is 0. The van der Waals surface area contributed by atoms with Crippen molar-refractivity contribution < 1.29 is 9.59 Å². The van der Waals surface area contributed by atoms with Gasteiger partial charge in [0.25, 0.3) is 5.91 Å². The van der Waals surface area contributed by atoms with Crippen molar-refractivity contribution in [2.75, 3.05) is 40.3 Å². The highest BCUT2D eigenvalue weighted by atomic mass is 16.2. The van der Waals surface area contributed by atoms with Crippen molar-refractivity contribution in [3.8, 4) is 0 Å². The number of rotatable bonds is 2. The lowest BCUT2D eigenvalue weighted by atomic mass is 9.86. The van der Waals surface area contributed by atoms with E-state index in [2.05, 4.69) is 29.9 Å². The third-order valence-corrected chi connectivity index (χ3v) is 6.81. The Balaban J connectivity index is 1.63. The summed E-state index contributed by atoms with van der Waals surface area (Å²) in [5.74, 6) is 0.294. The lowest BCUT2D eigenvalue weighted by molar-refractivity contribution is -0.129. The molecule has 1 spiro atoms. The van der Waals surface area contributed by atoms with Crippen LogP contribution in [0.4, 0.5) is 0 Å². The zero-order valence-corrected chi connectivity index (χ0v) is 17.1. The van der Waals surface area contributed by atoms with E-state index in [-0.39, 0.29) is 17.4 Å². The molecule has 1 aromatic carbocycles. The predicted octanol–water partition coefficient (Wildman–Crippen LogP) is 2.50. The van der Waals surface area contributed by atoms with E-state index in [1.807, 2.05) is 35.0 Å². The van der Waals surface area contributed by atoms with Crippen molar-refractivity contribution in [1.29, 1.82) is 0 Å². The van der Waals surface area contributed by atoms with E-state index in [4.69, 9.17) is 0 Å². The van der Waals surface area contributed by atoms with Gasteiger partial charge in [-0.2, -0.15) is 0 Å². The highest BCUT2D eigenvalue weighted by Gasteiger charge is 2.43. The SMILES string of the molecule is CCc1c(C(=O)N2CCN(C)[C@]3(CCC(=O)N(C)CC3)C2)[nH]c2ccccc12. The maximum Gasteiger partial charge on any atom is 0.270 e. The molecule has 0 aliphatic carbocycles. The highest BCUT2D eigenvalue weighted by molar-refractivity contribution is 6.01. The topological polar surface area (TPSA) is 59.7 Å². The average Bonchev–Trinajstić information content (AvgIpc) is 3.03. The van der Waals surface area contributed by atoms with Gasteiger partial charge in [0.05, 0.1) is 0 Å². The van der Waals surface area contributed by atoms with Crippen molar-refractivity contribution in [3.63, 3.8) is 0 Å². The van der Waals surface area contributed by atoms with Crippen LogP contribution in [-0.4, -0.2) is 77.3 Å². The molecule has 0 saturated carbocycles. The van der Waals surface area contributed by atoms with Crippen LogP contribution in [0.25, 0.3) is 10.9 Å². The minimum Gasteiger partial charge on any atom is -0.350 e. The Morgan fingerprint density at radius 3 is 2.71 bits per heavy atom. The summed E-state index contributed by atoms with van der Waals surface area (Å²) in [5.41, 5.74) is 2.73. The second-order valence-electron chi connectivity index (χ2n) is 8.32. The van der Waals surface area contributed by atoms with Crippen LogP contribution in [0, 0.1) is 0 Å². The van der Waals surface area contributed by atoms with Gasteiger partial charge >= 0.3 is 0 Å². The molecule has 0 bridgehead atoms. The second-order valence-corrected chi connectivity index (χ2v) is 8.32. The summed E-state index contributed by atoms with van der Waals surface area (Å²) in [7, 11) is 4.02. The number of nitrogens with one attached hydrogen (secondary N) is 1. The summed E-state index contributed by atoms with van der Waals surface area (Å²) in [6.07, 6.45) is 3.09. The van der Waals surface area contributed by atoms with E-state index >= 15 is 0 Å². The zero-order valence-electron chi connectivity index (χ0n) is 17.1. The molecule has 2 aromatic rings. The Labute approximate surface area is 166 Å². The third-order valence-electron chi connectivity index (χ3n) is 6.81. The van der Waals surface area contributed by atoms with Crippen LogP contribution in [0.15, 0.2) is 24.3 Å². The lowest BCUT2D eigenvalue weighted by Crippen LogP contribution is -2.62. The number of aryl methyl sites for hydroxylation is 1. The molecule has 2 saturated heterocycles. The number of benzene rings is 1. The average molecular weight is 383 g/mol. The number of piperazine rings is 1. The van der Waals surface area contributed by atoms with Gasteiger partial charge in [-0.3, -0.25) is 14.5 Å². The number of aromatic nitrogens is 1. The van der Waals surface area contributed by atoms with Gasteiger partial charge in [-0.25, -0.2) is 0 Å². The predicted molar refractivity (Wildman–Crippen MR) is 110 cm³/mol. The molecule has 150 valence electrons. The quantitative estimate of drug-likeness (QED) is 0.868. The molecule has 2 fully saturated rings. The summed E-state index contributed by atoms with van der Waals surface area (Å²) in [6.45, 7) is 5.09. The first-order valence-corrected chi connectivity index (χ1v) is 10.3. The van der Waals surface area contributed by atoms with Crippen LogP contribution < -0.4 is 0 Å². The zero-order chi connectivity index (χ0) is 19.9. The summed E-state index contributed by atoms with van der Waals surface area (Å²) in [6, 6.07) is 8.13. The molecule has 6 nitrogen and oxygen atoms in total. The maximum absolute atomic E-state index is 13.5. The fourth-order valence-electron chi connectivity index (χ4n) is 4.84.